The van der Waals surface area contributed by atoms with E-state index in [4.69, 9.17) is 20.5 Å². The molecular formula is C10H16N2O4S. The zero-order chi connectivity index (χ0) is 12.8. The highest BCUT2D eigenvalue weighted by molar-refractivity contribution is 7.98. The minimum absolute atomic E-state index is 0.200. The number of rotatable bonds is 6. The van der Waals surface area contributed by atoms with E-state index in [1.165, 1.54) is 11.8 Å². The topological polar surface area (TPSA) is 109 Å². The molecule has 0 aliphatic heterocycles. The van der Waals surface area contributed by atoms with Gasteiger partial charge in [-0.15, -0.1) is 0 Å². The lowest BCUT2D eigenvalue weighted by Gasteiger charge is -2.04. The van der Waals surface area contributed by atoms with Crippen molar-refractivity contribution >= 4 is 17.7 Å². The molecule has 0 aliphatic carbocycles. The Labute approximate surface area is 103 Å². The minimum Gasteiger partial charge on any atom is -0.455 e. The van der Waals surface area contributed by atoms with Gasteiger partial charge in [-0.3, -0.25) is 10.2 Å². The number of amides is 1. The maximum absolute atomic E-state index is 11.3. The molecule has 0 saturated heterocycles. The van der Waals surface area contributed by atoms with Gasteiger partial charge in [0, 0.05) is 11.3 Å². The molecule has 0 radical (unpaired) electrons. The number of nitrogen functional groups attached to an aromatic ring is 1. The second-order valence-electron chi connectivity index (χ2n) is 3.55. The molecule has 1 atom stereocenters. The first-order valence-electron chi connectivity index (χ1n) is 5.05. The summed E-state index contributed by atoms with van der Waals surface area (Å²) in [4.78, 5) is 11.3. The first-order valence-corrected chi connectivity index (χ1v) is 6.20. The van der Waals surface area contributed by atoms with Gasteiger partial charge in [0.05, 0.1) is 18.5 Å². The Morgan fingerprint density at radius 1 is 1.71 bits per heavy atom. The quantitative estimate of drug-likeness (QED) is 0.320. The van der Waals surface area contributed by atoms with Gasteiger partial charge < -0.3 is 14.6 Å². The average Bonchev–Trinajstić information content (AvgIpc) is 2.69. The van der Waals surface area contributed by atoms with Crippen LogP contribution >= 0.6 is 11.8 Å². The van der Waals surface area contributed by atoms with Gasteiger partial charge >= 0.3 is 5.91 Å². The molecular weight excluding hydrogens is 244 g/mol. The third-order valence-electron chi connectivity index (χ3n) is 2.07. The summed E-state index contributed by atoms with van der Waals surface area (Å²) < 4.78 is 5.33. The van der Waals surface area contributed by atoms with Crippen LogP contribution in [0.3, 0.4) is 0 Å². The Morgan fingerprint density at radius 2 is 2.41 bits per heavy atom. The Balaban J connectivity index is 2.53. The maximum atomic E-state index is 11.3. The monoisotopic (exact) mass is 260 g/mol. The van der Waals surface area contributed by atoms with Gasteiger partial charge in [-0.05, 0) is 13.0 Å². The van der Waals surface area contributed by atoms with Crippen molar-refractivity contribution in [3.63, 3.8) is 0 Å². The number of hydrogen-bond donors (Lipinski definition) is 4. The van der Waals surface area contributed by atoms with Crippen LogP contribution in [0.25, 0.3) is 0 Å². The van der Waals surface area contributed by atoms with Crippen LogP contribution in [0, 0.1) is 6.92 Å². The smallest absolute Gasteiger partial charge is 0.301 e. The number of hydrogen-bond acceptors (Lipinski definition) is 6. The Bertz CT molecular complexity index is 380. The van der Waals surface area contributed by atoms with Crippen LogP contribution in [0.4, 0.5) is 0 Å². The third-order valence-corrected chi connectivity index (χ3v) is 3.18. The van der Waals surface area contributed by atoms with Crippen LogP contribution in [-0.4, -0.2) is 34.6 Å². The average molecular weight is 260 g/mol. The molecule has 1 heterocycles. The van der Waals surface area contributed by atoms with Crippen molar-refractivity contribution in [1.29, 1.82) is 0 Å². The van der Waals surface area contributed by atoms with E-state index < -0.39 is 12.0 Å². The maximum Gasteiger partial charge on any atom is 0.301 e. The molecule has 7 heteroatoms. The van der Waals surface area contributed by atoms with E-state index in [9.17, 15) is 4.79 Å². The second-order valence-corrected chi connectivity index (χ2v) is 4.58. The molecule has 5 N–H and O–H groups in total. The number of aryl methyl sites for hydroxylation is 1. The number of carbonyl (C=O) groups is 1. The van der Waals surface area contributed by atoms with Gasteiger partial charge in [-0.2, -0.15) is 11.8 Å². The molecule has 6 nitrogen and oxygen atoms in total. The number of aliphatic hydroxyl groups is 2. The highest BCUT2D eigenvalue weighted by atomic mass is 32.2. The van der Waals surface area contributed by atoms with Crippen LogP contribution in [0.2, 0.25) is 0 Å². The summed E-state index contributed by atoms with van der Waals surface area (Å²) in [6.07, 6.45) is -0.733. The Hall–Kier alpha value is -1.02. The standard InChI is InChI=1S/C10H16N2O4S/c1-6-2-8(5-17-4-7(14)3-13)16-9(6)10(15)12-11/h2,7,13-14H,3-5,11H2,1H3,(H,12,15). The fourth-order valence-corrected chi connectivity index (χ4v) is 2.10. The van der Waals surface area contributed by atoms with Crippen molar-refractivity contribution in [3.8, 4) is 0 Å². The zero-order valence-electron chi connectivity index (χ0n) is 9.47. The fraction of sp³-hybridized carbons (Fsp3) is 0.500. The van der Waals surface area contributed by atoms with E-state index in [1.807, 2.05) is 5.43 Å². The summed E-state index contributed by atoms with van der Waals surface area (Å²) in [5, 5.41) is 17.8. The van der Waals surface area contributed by atoms with Crippen molar-refractivity contribution in [1.82, 2.24) is 5.43 Å². The van der Waals surface area contributed by atoms with Gasteiger partial charge in [0.1, 0.15) is 5.76 Å². The van der Waals surface area contributed by atoms with Crippen LogP contribution in [0.15, 0.2) is 10.5 Å². The molecule has 0 aliphatic rings. The summed E-state index contributed by atoms with van der Waals surface area (Å²) in [6, 6.07) is 1.75. The lowest BCUT2D eigenvalue weighted by molar-refractivity contribution is 0.0923. The molecule has 17 heavy (non-hydrogen) atoms. The predicted octanol–water partition coefficient (Wildman–Crippen LogP) is -0.222. The number of aliphatic hydroxyl groups excluding tert-OH is 2. The molecule has 96 valence electrons. The summed E-state index contributed by atoms with van der Waals surface area (Å²) in [5.41, 5.74) is 2.72. The lowest BCUT2D eigenvalue weighted by atomic mass is 10.2. The normalized spacial score (nSPS) is 12.5. The van der Waals surface area contributed by atoms with Crippen molar-refractivity contribution in [2.24, 2.45) is 5.84 Å². The number of carbonyl (C=O) groups excluding carboxylic acids is 1. The highest BCUT2D eigenvalue weighted by Crippen LogP contribution is 2.19. The van der Waals surface area contributed by atoms with E-state index in [0.717, 1.165) is 0 Å². The third kappa shape index (κ3) is 4.04. The van der Waals surface area contributed by atoms with Gasteiger partial charge in [0.15, 0.2) is 5.76 Å². The first-order chi connectivity index (χ1) is 8.08. The first kappa shape index (κ1) is 14.0. The highest BCUT2D eigenvalue weighted by Gasteiger charge is 2.14. The molecule has 1 aromatic rings. The Kier molecular flexibility index (Phi) is 5.49. The number of nitrogens with two attached hydrogens (primary N) is 1. The second kappa shape index (κ2) is 6.65. The van der Waals surface area contributed by atoms with Gasteiger partial charge in [-0.1, -0.05) is 0 Å². The molecule has 1 amide bonds. The predicted molar refractivity (Wildman–Crippen MR) is 64.4 cm³/mol. The summed E-state index contributed by atoms with van der Waals surface area (Å²) in [5.74, 6) is 6.32. The van der Waals surface area contributed by atoms with E-state index in [-0.39, 0.29) is 12.4 Å². The molecule has 0 bridgehead atoms. The summed E-state index contributed by atoms with van der Waals surface area (Å²) in [7, 11) is 0. The van der Waals surface area contributed by atoms with Crippen molar-refractivity contribution in [3.05, 3.63) is 23.2 Å². The molecule has 1 rings (SSSR count). The van der Waals surface area contributed by atoms with E-state index >= 15 is 0 Å². The largest absolute Gasteiger partial charge is 0.455 e. The number of nitrogens with one attached hydrogen (secondary N) is 1. The molecule has 0 aromatic carbocycles. The van der Waals surface area contributed by atoms with Gasteiger partial charge in [-0.25, -0.2) is 5.84 Å². The zero-order valence-corrected chi connectivity index (χ0v) is 10.3. The Morgan fingerprint density at radius 3 is 3.00 bits per heavy atom. The number of hydrazine groups is 1. The van der Waals surface area contributed by atoms with E-state index in [0.29, 0.717) is 22.8 Å². The fourth-order valence-electron chi connectivity index (χ4n) is 1.26. The van der Waals surface area contributed by atoms with Crippen molar-refractivity contribution in [2.45, 2.75) is 18.8 Å². The summed E-state index contributed by atoms with van der Waals surface area (Å²) >= 11 is 1.41. The molecule has 0 fully saturated rings. The lowest BCUT2D eigenvalue weighted by Crippen LogP contribution is -2.30. The number of thioether (sulfide) groups is 1. The molecule has 1 aromatic heterocycles. The van der Waals surface area contributed by atoms with E-state index in [1.54, 1.807) is 13.0 Å². The minimum atomic E-state index is -0.733. The van der Waals surface area contributed by atoms with Gasteiger partial charge in [0.25, 0.3) is 0 Å². The number of furan rings is 1. The summed E-state index contributed by atoms with van der Waals surface area (Å²) in [6.45, 7) is 1.50. The molecule has 1 unspecified atom stereocenters. The van der Waals surface area contributed by atoms with Crippen molar-refractivity contribution in [2.75, 3.05) is 12.4 Å². The molecule has 0 saturated carbocycles. The van der Waals surface area contributed by atoms with Crippen LogP contribution < -0.4 is 11.3 Å². The van der Waals surface area contributed by atoms with Crippen LogP contribution in [0.1, 0.15) is 21.9 Å². The van der Waals surface area contributed by atoms with E-state index in [2.05, 4.69) is 0 Å². The van der Waals surface area contributed by atoms with Crippen LogP contribution in [0.5, 0.6) is 0 Å². The molecule has 0 spiro atoms. The van der Waals surface area contributed by atoms with Crippen molar-refractivity contribution < 1.29 is 19.4 Å². The van der Waals surface area contributed by atoms with Crippen LogP contribution in [-0.2, 0) is 5.75 Å². The van der Waals surface area contributed by atoms with Gasteiger partial charge in [0.2, 0.25) is 0 Å². The SMILES string of the molecule is Cc1cc(CSCC(O)CO)oc1C(=O)NN.